The lowest BCUT2D eigenvalue weighted by Gasteiger charge is -2.21. The summed E-state index contributed by atoms with van der Waals surface area (Å²) in [6.07, 6.45) is 1.79. The van der Waals surface area contributed by atoms with Crippen LogP contribution in [0.15, 0.2) is 42.6 Å². The summed E-state index contributed by atoms with van der Waals surface area (Å²) < 4.78 is 6.99. The van der Waals surface area contributed by atoms with E-state index in [1.807, 2.05) is 24.3 Å². The largest absolute Gasteiger partial charge is 0.448 e. The highest BCUT2D eigenvalue weighted by atomic mass is 16.5. The third-order valence-corrected chi connectivity index (χ3v) is 3.94. The number of aryl methyl sites for hydroxylation is 1. The normalized spacial score (nSPS) is 14.5. The Hall–Kier alpha value is -2.56. The van der Waals surface area contributed by atoms with Crippen LogP contribution in [0.4, 0.5) is 5.69 Å². The van der Waals surface area contributed by atoms with Crippen LogP contribution in [-0.4, -0.2) is 29.1 Å². The SMILES string of the molecule is C[C@@H](OC(=O)c1cccn1C)C(=O)N1CCc2ccccc21. The Bertz CT molecular complexity index is 720. The van der Waals surface area contributed by atoms with Gasteiger partial charge in [0.05, 0.1) is 0 Å². The van der Waals surface area contributed by atoms with E-state index in [-0.39, 0.29) is 5.91 Å². The molecule has 0 saturated heterocycles. The van der Waals surface area contributed by atoms with Crippen LogP contribution >= 0.6 is 0 Å². The van der Waals surface area contributed by atoms with Crippen molar-refractivity contribution in [2.45, 2.75) is 19.4 Å². The van der Waals surface area contributed by atoms with E-state index in [4.69, 9.17) is 4.74 Å². The van der Waals surface area contributed by atoms with Crippen molar-refractivity contribution in [2.75, 3.05) is 11.4 Å². The molecular formula is C17H18N2O3. The number of amides is 1. The lowest BCUT2D eigenvalue weighted by molar-refractivity contribution is -0.126. The fourth-order valence-corrected chi connectivity index (χ4v) is 2.73. The molecule has 5 nitrogen and oxygen atoms in total. The zero-order chi connectivity index (χ0) is 15.7. The van der Waals surface area contributed by atoms with Gasteiger partial charge in [-0.05, 0) is 37.1 Å². The van der Waals surface area contributed by atoms with Crippen molar-refractivity contribution in [2.24, 2.45) is 7.05 Å². The lowest BCUT2D eigenvalue weighted by Crippen LogP contribution is -2.39. The number of hydrogen-bond acceptors (Lipinski definition) is 3. The quantitative estimate of drug-likeness (QED) is 0.816. The Balaban J connectivity index is 1.71. The molecule has 0 aliphatic carbocycles. The van der Waals surface area contributed by atoms with E-state index >= 15 is 0 Å². The molecule has 0 unspecified atom stereocenters. The van der Waals surface area contributed by atoms with Gasteiger partial charge in [-0.25, -0.2) is 4.79 Å². The van der Waals surface area contributed by atoms with Crippen molar-refractivity contribution in [3.63, 3.8) is 0 Å². The summed E-state index contributed by atoms with van der Waals surface area (Å²) in [5.41, 5.74) is 2.49. The lowest BCUT2D eigenvalue weighted by atomic mass is 10.2. The number of carbonyl (C=O) groups excluding carboxylic acids is 2. The zero-order valence-electron chi connectivity index (χ0n) is 12.7. The first-order valence-electron chi connectivity index (χ1n) is 7.29. The van der Waals surface area contributed by atoms with Crippen molar-refractivity contribution in [3.8, 4) is 0 Å². The van der Waals surface area contributed by atoms with Gasteiger partial charge >= 0.3 is 5.97 Å². The maximum Gasteiger partial charge on any atom is 0.355 e. The van der Waals surface area contributed by atoms with Crippen LogP contribution in [0.1, 0.15) is 23.0 Å². The number of hydrogen-bond donors (Lipinski definition) is 0. The second-order valence-corrected chi connectivity index (χ2v) is 5.42. The Labute approximate surface area is 129 Å². The average Bonchev–Trinajstić information content (AvgIpc) is 3.12. The van der Waals surface area contributed by atoms with Gasteiger partial charge < -0.3 is 14.2 Å². The minimum atomic E-state index is -0.812. The van der Waals surface area contributed by atoms with Crippen LogP contribution in [0.5, 0.6) is 0 Å². The molecule has 1 aromatic heterocycles. The highest BCUT2D eigenvalue weighted by molar-refractivity contribution is 6.00. The van der Waals surface area contributed by atoms with Crippen molar-refractivity contribution in [1.82, 2.24) is 4.57 Å². The topological polar surface area (TPSA) is 51.5 Å². The van der Waals surface area contributed by atoms with Crippen LogP contribution in [0.25, 0.3) is 0 Å². The number of carbonyl (C=O) groups is 2. The first kappa shape index (κ1) is 14.4. The fraction of sp³-hybridized carbons (Fsp3) is 0.294. The van der Waals surface area contributed by atoms with Gasteiger partial charge in [0.15, 0.2) is 6.10 Å². The van der Waals surface area contributed by atoms with E-state index in [0.717, 1.165) is 17.7 Å². The van der Waals surface area contributed by atoms with Gasteiger partial charge in [0.1, 0.15) is 5.69 Å². The van der Waals surface area contributed by atoms with Crippen LogP contribution < -0.4 is 4.90 Å². The van der Waals surface area contributed by atoms with E-state index in [1.54, 1.807) is 41.8 Å². The van der Waals surface area contributed by atoms with Crippen LogP contribution in [0, 0.1) is 0 Å². The molecule has 22 heavy (non-hydrogen) atoms. The zero-order valence-corrected chi connectivity index (χ0v) is 12.7. The summed E-state index contributed by atoms with van der Waals surface area (Å²) in [5, 5.41) is 0. The number of esters is 1. The Morgan fingerprint density at radius 2 is 1.95 bits per heavy atom. The summed E-state index contributed by atoms with van der Waals surface area (Å²) in [5.74, 6) is -0.673. The molecule has 1 aliphatic heterocycles. The molecule has 3 rings (SSSR count). The smallest absolute Gasteiger partial charge is 0.355 e. The number of anilines is 1. The second kappa shape index (κ2) is 5.67. The van der Waals surface area contributed by atoms with Crippen molar-refractivity contribution in [3.05, 3.63) is 53.9 Å². The van der Waals surface area contributed by atoms with Gasteiger partial charge in [-0.3, -0.25) is 4.79 Å². The number of para-hydroxylation sites is 1. The van der Waals surface area contributed by atoms with Gasteiger partial charge in [0, 0.05) is 25.5 Å². The first-order valence-corrected chi connectivity index (χ1v) is 7.29. The first-order chi connectivity index (χ1) is 10.6. The van der Waals surface area contributed by atoms with E-state index < -0.39 is 12.1 Å². The van der Waals surface area contributed by atoms with Gasteiger partial charge in [0.2, 0.25) is 0 Å². The van der Waals surface area contributed by atoms with Gasteiger partial charge in [0.25, 0.3) is 5.91 Å². The third kappa shape index (κ3) is 2.50. The predicted molar refractivity (Wildman–Crippen MR) is 82.8 cm³/mol. The molecule has 0 spiro atoms. The number of benzene rings is 1. The molecule has 0 fully saturated rings. The van der Waals surface area contributed by atoms with Crippen molar-refractivity contribution >= 4 is 17.6 Å². The van der Waals surface area contributed by atoms with Crippen molar-refractivity contribution < 1.29 is 14.3 Å². The monoisotopic (exact) mass is 298 g/mol. The summed E-state index contributed by atoms with van der Waals surface area (Å²) in [4.78, 5) is 26.3. The van der Waals surface area contributed by atoms with Crippen LogP contribution in [0.3, 0.4) is 0 Å². The summed E-state index contributed by atoms with van der Waals surface area (Å²) in [7, 11) is 1.76. The third-order valence-electron chi connectivity index (χ3n) is 3.94. The Kier molecular flexibility index (Phi) is 3.71. The Morgan fingerprint density at radius 1 is 1.18 bits per heavy atom. The number of ether oxygens (including phenoxy) is 1. The molecule has 0 radical (unpaired) electrons. The molecule has 1 aliphatic rings. The molecule has 2 heterocycles. The highest BCUT2D eigenvalue weighted by Gasteiger charge is 2.30. The summed E-state index contributed by atoms with van der Waals surface area (Å²) >= 11 is 0. The van der Waals surface area contributed by atoms with Gasteiger partial charge in [-0.1, -0.05) is 18.2 Å². The maximum atomic E-state index is 12.5. The Morgan fingerprint density at radius 3 is 2.68 bits per heavy atom. The van der Waals surface area contributed by atoms with Gasteiger partial charge in [-0.15, -0.1) is 0 Å². The fourth-order valence-electron chi connectivity index (χ4n) is 2.73. The number of fused-ring (bicyclic) bond motifs is 1. The summed E-state index contributed by atoms with van der Waals surface area (Å²) in [6, 6.07) is 11.2. The molecule has 0 bridgehead atoms. The minimum Gasteiger partial charge on any atom is -0.448 e. The van der Waals surface area contributed by atoms with E-state index in [2.05, 4.69) is 0 Å². The number of aromatic nitrogens is 1. The standard InChI is InChI=1S/C17H18N2O3/c1-12(22-17(21)15-8-5-10-18(15)2)16(20)19-11-9-13-6-3-4-7-14(13)19/h3-8,10,12H,9,11H2,1-2H3/t12-/m1/s1. The molecule has 1 aromatic carbocycles. The molecule has 0 N–H and O–H groups in total. The minimum absolute atomic E-state index is 0.187. The molecule has 1 amide bonds. The molecule has 2 aromatic rings. The van der Waals surface area contributed by atoms with E-state index in [9.17, 15) is 9.59 Å². The summed E-state index contributed by atoms with van der Waals surface area (Å²) in [6.45, 7) is 2.24. The van der Waals surface area contributed by atoms with E-state index in [1.165, 1.54) is 0 Å². The second-order valence-electron chi connectivity index (χ2n) is 5.42. The molecule has 114 valence electrons. The number of nitrogens with zero attached hydrogens (tertiary/aromatic N) is 2. The highest BCUT2D eigenvalue weighted by Crippen LogP contribution is 2.28. The number of rotatable bonds is 3. The molecular weight excluding hydrogens is 280 g/mol. The van der Waals surface area contributed by atoms with Crippen LogP contribution in [-0.2, 0) is 23.0 Å². The van der Waals surface area contributed by atoms with Gasteiger partial charge in [-0.2, -0.15) is 0 Å². The molecule has 1 atom stereocenters. The average molecular weight is 298 g/mol. The maximum absolute atomic E-state index is 12.5. The van der Waals surface area contributed by atoms with E-state index in [0.29, 0.717) is 12.2 Å². The molecule has 0 saturated carbocycles. The molecule has 5 heteroatoms. The van der Waals surface area contributed by atoms with Crippen molar-refractivity contribution in [1.29, 1.82) is 0 Å². The predicted octanol–water partition coefficient (Wildman–Crippen LogP) is 2.16. The van der Waals surface area contributed by atoms with Crippen LogP contribution in [0.2, 0.25) is 0 Å².